The van der Waals surface area contributed by atoms with Crippen LogP contribution < -0.4 is 0 Å². The predicted molar refractivity (Wildman–Crippen MR) is 195 cm³/mol. The first-order chi connectivity index (χ1) is 23.7. The Bertz CT molecular complexity index is 2680. The summed E-state index contributed by atoms with van der Waals surface area (Å²) in [6.45, 7) is 0. The molecule has 2 heterocycles. The zero-order valence-electron chi connectivity index (χ0n) is 25.8. The molecule has 0 saturated heterocycles. The quantitative estimate of drug-likeness (QED) is 0.199. The minimum atomic E-state index is 0.363. The fraction of sp³-hybridized carbons (Fsp3) is 0. The molecule has 9 rings (SSSR count). The van der Waals surface area contributed by atoms with E-state index in [-0.39, 0.29) is 0 Å². The average molecular weight is 611 g/mol. The number of para-hydroxylation sites is 4. The monoisotopic (exact) mass is 610 g/mol. The first kappa shape index (κ1) is 27.4. The van der Waals surface area contributed by atoms with Gasteiger partial charge in [-0.05, 0) is 65.2 Å². The van der Waals surface area contributed by atoms with Gasteiger partial charge in [0, 0.05) is 32.8 Å². The Balaban J connectivity index is 1.16. The van der Waals surface area contributed by atoms with Crippen molar-refractivity contribution in [2.75, 3.05) is 0 Å². The summed E-state index contributed by atoms with van der Waals surface area (Å²) in [4.78, 5) is 0. The summed E-state index contributed by atoms with van der Waals surface area (Å²) < 4.78 is 4.53. The highest BCUT2D eigenvalue weighted by Gasteiger charge is 2.20. The fourth-order valence-corrected chi connectivity index (χ4v) is 7.29. The van der Waals surface area contributed by atoms with Crippen LogP contribution in [-0.4, -0.2) is 9.13 Å². The lowest BCUT2D eigenvalue weighted by atomic mass is 9.93. The molecule has 0 spiro atoms. The van der Waals surface area contributed by atoms with Crippen molar-refractivity contribution < 1.29 is 0 Å². The van der Waals surface area contributed by atoms with Crippen molar-refractivity contribution >= 4 is 43.6 Å². The Hall–Kier alpha value is -6.88. The van der Waals surface area contributed by atoms with E-state index in [4.69, 9.17) is 0 Å². The Morgan fingerprint density at radius 2 is 0.792 bits per heavy atom. The lowest BCUT2D eigenvalue weighted by molar-refractivity contribution is 1.18. The highest BCUT2D eigenvalue weighted by atomic mass is 15.0. The van der Waals surface area contributed by atoms with Crippen LogP contribution in [0.3, 0.4) is 0 Å². The summed E-state index contributed by atoms with van der Waals surface area (Å²) in [6, 6.07) is 59.0. The van der Waals surface area contributed by atoms with Crippen molar-refractivity contribution in [2.45, 2.75) is 0 Å². The van der Waals surface area contributed by atoms with E-state index in [0.29, 0.717) is 11.1 Å². The number of aromatic nitrogens is 2. The minimum absolute atomic E-state index is 0.363. The van der Waals surface area contributed by atoms with E-state index < -0.39 is 0 Å². The fourth-order valence-electron chi connectivity index (χ4n) is 7.29. The van der Waals surface area contributed by atoms with Crippen molar-refractivity contribution in [2.24, 2.45) is 0 Å². The molecule has 2 aromatic heterocycles. The van der Waals surface area contributed by atoms with E-state index in [2.05, 4.69) is 143 Å². The maximum absolute atomic E-state index is 10.4. The lowest BCUT2D eigenvalue weighted by Gasteiger charge is -2.17. The number of hydrogen-bond donors (Lipinski definition) is 0. The molecular weight excluding hydrogens is 585 g/mol. The van der Waals surface area contributed by atoms with Gasteiger partial charge in [0.15, 0.2) is 0 Å². The number of nitriles is 2. The van der Waals surface area contributed by atoms with Gasteiger partial charge in [-0.1, -0.05) is 109 Å². The average Bonchev–Trinajstić information content (AvgIpc) is 3.67. The Morgan fingerprint density at radius 3 is 1.25 bits per heavy atom. The van der Waals surface area contributed by atoms with Gasteiger partial charge in [0.05, 0.1) is 38.9 Å². The molecule has 0 fully saturated rings. The van der Waals surface area contributed by atoms with E-state index in [9.17, 15) is 10.5 Å². The number of hydrogen-bond acceptors (Lipinski definition) is 2. The van der Waals surface area contributed by atoms with Gasteiger partial charge < -0.3 is 9.13 Å². The van der Waals surface area contributed by atoms with Crippen LogP contribution >= 0.6 is 0 Å². The molecular formula is C44H26N4. The molecule has 0 aliphatic heterocycles. The molecule has 0 aliphatic carbocycles. The summed E-state index contributed by atoms with van der Waals surface area (Å²) >= 11 is 0. The van der Waals surface area contributed by atoms with Gasteiger partial charge in [-0.3, -0.25) is 0 Å². The van der Waals surface area contributed by atoms with Crippen molar-refractivity contribution in [1.29, 1.82) is 10.5 Å². The summed E-state index contributed by atoms with van der Waals surface area (Å²) in [6.07, 6.45) is 0. The summed E-state index contributed by atoms with van der Waals surface area (Å²) in [5, 5.41) is 25.1. The van der Waals surface area contributed by atoms with E-state index >= 15 is 0 Å². The molecule has 9 aromatic rings. The van der Waals surface area contributed by atoms with Gasteiger partial charge in [-0.15, -0.1) is 0 Å². The molecule has 0 amide bonds. The van der Waals surface area contributed by atoms with Crippen molar-refractivity contribution in [1.82, 2.24) is 9.13 Å². The summed E-state index contributed by atoms with van der Waals surface area (Å²) in [5.74, 6) is 0. The number of nitrogens with zero attached hydrogens (tertiary/aromatic N) is 4. The molecule has 4 heteroatoms. The van der Waals surface area contributed by atoms with Gasteiger partial charge in [0.1, 0.15) is 12.1 Å². The molecule has 7 aromatic carbocycles. The molecule has 4 nitrogen and oxygen atoms in total. The SMILES string of the molecule is N#Cc1ccc(-n2c3ccccc3c3ccccc32)c(-c2ccc(-c3ccc(-n4c5ccccc5c5ccccc54)cc3)cc2)c1C#N. The molecule has 0 atom stereocenters. The number of benzene rings is 7. The second kappa shape index (κ2) is 10.9. The van der Waals surface area contributed by atoms with Crippen LogP contribution in [-0.2, 0) is 0 Å². The van der Waals surface area contributed by atoms with Crippen LogP contribution in [0.5, 0.6) is 0 Å². The largest absolute Gasteiger partial charge is 0.309 e. The normalized spacial score (nSPS) is 11.3. The van der Waals surface area contributed by atoms with E-state index in [1.54, 1.807) is 6.07 Å². The second-order valence-electron chi connectivity index (χ2n) is 12.0. The van der Waals surface area contributed by atoms with E-state index in [1.165, 1.54) is 21.8 Å². The maximum atomic E-state index is 10.4. The third-order valence-electron chi connectivity index (χ3n) is 9.45. The smallest absolute Gasteiger partial charge is 0.101 e. The van der Waals surface area contributed by atoms with Crippen LogP contribution in [0.2, 0.25) is 0 Å². The van der Waals surface area contributed by atoms with Gasteiger partial charge in [-0.2, -0.15) is 10.5 Å². The number of rotatable bonds is 4. The standard InChI is InChI=1S/C44H26N4/c45-27-32-23-26-43(48-41-15-7-3-11-36(41)37-12-4-8-16-42(37)48)44(38(32)28-46)31-19-17-29(18-20-31)30-21-24-33(25-22-30)47-39-13-5-1-9-34(39)35-10-2-6-14-40(35)47/h1-26H. The molecule has 0 saturated carbocycles. The van der Waals surface area contributed by atoms with Crippen LogP contribution in [0, 0.1) is 22.7 Å². The van der Waals surface area contributed by atoms with Gasteiger partial charge in [0.25, 0.3) is 0 Å². The summed E-state index contributed by atoms with van der Waals surface area (Å²) in [7, 11) is 0. The first-order valence-electron chi connectivity index (χ1n) is 15.9. The van der Waals surface area contributed by atoms with Crippen molar-refractivity contribution in [3.63, 3.8) is 0 Å². The Morgan fingerprint density at radius 1 is 0.375 bits per heavy atom. The van der Waals surface area contributed by atoms with Gasteiger partial charge in [0.2, 0.25) is 0 Å². The zero-order valence-corrected chi connectivity index (χ0v) is 25.8. The van der Waals surface area contributed by atoms with Gasteiger partial charge >= 0.3 is 0 Å². The molecule has 222 valence electrons. The predicted octanol–water partition coefficient (Wildman–Crippen LogP) is 11.0. The topological polar surface area (TPSA) is 57.4 Å². The first-order valence-corrected chi connectivity index (χ1v) is 15.9. The molecule has 0 radical (unpaired) electrons. The van der Waals surface area contributed by atoms with Crippen molar-refractivity contribution in [3.8, 4) is 45.8 Å². The van der Waals surface area contributed by atoms with E-state index in [0.717, 1.165) is 55.4 Å². The Labute approximate surface area is 277 Å². The van der Waals surface area contributed by atoms with Crippen LogP contribution in [0.15, 0.2) is 158 Å². The third kappa shape index (κ3) is 4.07. The second-order valence-corrected chi connectivity index (χ2v) is 12.0. The van der Waals surface area contributed by atoms with Gasteiger partial charge in [-0.25, -0.2) is 0 Å². The van der Waals surface area contributed by atoms with Crippen molar-refractivity contribution in [3.05, 3.63) is 169 Å². The number of fused-ring (bicyclic) bond motifs is 6. The molecule has 0 aliphatic rings. The van der Waals surface area contributed by atoms with Crippen LogP contribution in [0.25, 0.3) is 77.2 Å². The molecule has 48 heavy (non-hydrogen) atoms. The highest BCUT2D eigenvalue weighted by Crippen LogP contribution is 2.39. The summed E-state index contributed by atoms with van der Waals surface area (Å²) in [5.41, 5.74) is 11.0. The molecule has 0 bridgehead atoms. The third-order valence-corrected chi connectivity index (χ3v) is 9.45. The Kier molecular flexibility index (Phi) is 6.22. The van der Waals surface area contributed by atoms with Crippen LogP contribution in [0.4, 0.5) is 0 Å². The minimum Gasteiger partial charge on any atom is -0.309 e. The van der Waals surface area contributed by atoms with Crippen LogP contribution in [0.1, 0.15) is 11.1 Å². The molecule has 0 N–H and O–H groups in total. The van der Waals surface area contributed by atoms with E-state index in [1.807, 2.05) is 30.3 Å². The lowest BCUT2D eigenvalue weighted by Crippen LogP contribution is -2.01. The molecule has 0 unspecified atom stereocenters. The zero-order chi connectivity index (χ0) is 32.2. The highest BCUT2D eigenvalue weighted by molar-refractivity contribution is 6.10. The maximum Gasteiger partial charge on any atom is 0.101 e.